The molecule has 102 valence electrons. The average molecular weight is 268 g/mol. The largest absolute Gasteiger partial charge is 0.478 e. The van der Waals surface area contributed by atoms with Crippen molar-refractivity contribution in [2.24, 2.45) is 0 Å². The van der Waals surface area contributed by atoms with Gasteiger partial charge in [0.25, 0.3) is 0 Å². The van der Waals surface area contributed by atoms with Crippen molar-refractivity contribution in [2.45, 2.75) is 31.6 Å². The molecule has 2 aromatic heterocycles. The van der Waals surface area contributed by atoms with Crippen molar-refractivity contribution in [1.29, 1.82) is 0 Å². The fourth-order valence-corrected chi connectivity index (χ4v) is 2.85. The van der Waals surface area contributed by atoms with Crippen LogP contribution in [0.2, 0.25) is 0 Å². The van der Waals surface area contributed by atoms with Crippen molar-refractivity contribution in [3.05, 3.63) is 59.2 Å². The number of hydrogen-bond donors (Lipinski definition) is 1. The lowest BCUT2D eigenvalue weighted by Gasteiger charge is -2.10. The van der Waals surface area contributed by atoms with Crippen molar-refractivity contribution in [3.8, 4) is 0 Å². The summed E-state index contributed by atoms with van der Waals surface area (Å²) < 4.78 is 0. The van der Waals surface area contributed by atoms with Crippen LogP contribution in [-0.2, 0) is 12.8 Å². The van der Waals surface area contributed by atoms with E-state index < -0.39 is 5.97 Å². The highest BCUT2D eigenvalue weighted by atomic mass is 16.4. The maximum atomic E-state index is 10.9. The van der Waals surface area contributed by atoms with Crippen LogP contribution in [0.3, 0.4) is 0 Å². The second kappa shape index (κ2) is 5.41. The third-order valence-electron chi connectivity index (χ3n) is 3.89. The number of aryl methyl sites for hydroxylation is 2. The van der Waals surface area contributed by atoms with Gasteiger partial charge in [0.05, 0.1) is 5.56 Å². The van der Waals surface area contributed by atoms with Crippen LogP contribution in [0.25, 0.3) is 0 Å². The summed E-state index contributed by atoms with van der Waals surface area (Å²) in [5.74, 6) is -0.428. The molecule has 0 aliphatic heterocycles. The second-order valence-electron chi connectivity index (χ2n) is 5.16. The van der Waals surface area contributed by atoms with E-state index in [9.17, 15) is 4.79 Å². The zero-order valence-electron chi connectivity index (χ0n) is 11.1. The summed E-state index contributed by atoms with van der Waals surface area (Å²) in [6, 6.07) is 7.32. The summed E-state index contributed by atoms with van der Waals surface area (Å²) in [4.78, 5) is 19.7. The maximum Gasteiger partial charge on any atom is 0.335 e. The van der Waals surface area contributed by atoms with E-state index in [0.717, 1.165) is 31.4 Å². The minimum atomic E-state index is -0.901. The van der Waals surface area contributed by atoms with Crippen LogP contribution in [0.15, 0.2) is 36.7 Å². The molecule has 2 aromatic rings. The first-order valence-corrected chi connectivity index (χ1v) is 6.86. The molecule has 1 unspecified atom stereocenters. The van der Waals surface area contributed by atoms with Crippen LogP contribution in [0.1, 0.15) is 46.1 Å². The van der Waals surface area contributed by atoms with Crippen molar-refractivity contribution >= 4 is 5.97 Å². The summed E-state index contributed by atoms with van der Waals surface area (Å²) in [5.41, 5.74) is 3.71. The Kier molecular flexibility index (Phi) is 3.46. The number of carboxylic acid groups (broad SMARTS) is 1. The number of fused-ring (bicyclic) bond motifs is 1. The highest BCUT2D eigenvalue weighted by Crippen LogP contribution is 2.34. The topological polar surface area (TPSA) is 63.1 Å². The molecule has 1 N–H and O–H groups in total. The van der Waals surface area contributed by atoms with Crippen molar-refractivity contribution in [3.63, 3.8) is 0 Å². The summed E-state index contributed by atoms with van der Waals surface area (Å²) in [6.45, 7) is 0. The van der Waals surface area contributed by atoms with E-state index in [-0.39, 0.29) is 0 Å². The number of nitrogens with zero attached hydrogens (tertiary/aromatic N) is 2. The lowest BCUT2D eigenvalue weighted by molar-refractivity contribution is 0.0696. The Balaban J connectivity index is 1.69. The zero-order valence-corrected chi connectivity index (χ0v) is 11.1. The minimum absolute atomic E-state index is 0.306. The summed E-state index contributed by atoms with van der Waals surface area (Å²) in [7, 11) is 0. The van der Waals surface area contributed by atoms with Gasteiger partial charge in [-0.2, -0.15) is 0 Å². The molecule has 0 aromatic carbocycles. The van der Waals surface area contributed by atoms with Crippen LogP contribution in [0, 0.1) is 0 Å². The normalized spacial score (nSPS) is 16.9. The quantitative estimate of drug-likeness (QED) is 0.926. The number of carbonyl (C=O) groups is 1. The van der Waals surface area contributed by atoms with E-state index >= 15 is 0 Å². The van der Waals surface area contributed by atoms with Crippen molar-refractivity contribution < 1.29 is 9.90 Å². The fourth-order valence-electron chi connectivity index (χ4n) is 2.85. The number of aromatic carboxylic acids is 1. The van der Waals surface area contributed by atoms with Crippen LogP contribution >= 0.6 is 0 Å². The van der Waals surface area contributed by atoms with Gasteiger partial charge >= 0.3 is 5.97 Å². The first-order chi connectivity index (χ1) is 9.74. The van der Waals surface area contributed by atoms with E-state index in [4.69, 9.17) is 5.11 Å². The van der Waals surface area contributed by atoms with Gasteiger partial charge in [-0.1, -0.05) is 6.07 Å². The summed E-state index contributed by atoms with van der Waals surface area (Å²) in [5, 5.41) is 8.98. The van der Waals surface area contributed by atoms with Gasteiger partial charge in [0.1, 0.15) is 0 Å². The van der Waals surface area contributed by atoms with E-state index in [1.807, 2.05) is 12.3 Å². The van der Waals surface area contributed by atoms with E-state index in [0.29, 0.717) is 11.5 Å². The second-order valence-corrected chi connectivity index (χ2v) is 5.16. The maximum absolute atomic E-state index is 10.9. The van der Waals surface area contributed by atoms with Crippen LogP contribution in [0.4, 0.5) is 0 Å². The Hall–Kier alpha value is -2.23. The molecule has 4 nitrogen and oxygen atoms in total. The van der Waals surface area contributed by atoms with Gasteiger partial charge in [0, 0.05) is 29.7 Å². The molecule has 1 aliphatic carbocycles. The Morgan fingerprint density at radius 3 is 3.05 bits per heavy atom. The Labute approximate surface area is 117 Å². The first-order valence-electron chi connectivity index (χ1n) is 6.86. The number of aromatic nitrogens is 2. The molecule has 1 atom stereocenters. The Bertz CT molecular complexity index is 640. The monoisotopic (exact) mass is 268 g/mol. The SMILES string of the molecule is O=C(O)c1ccnc(CCC2CCc3cccnc32)c1. The van der Waals surface area contributed by atoms with Crippen LogP contribution in [0.5, 0.6) is 0 Å². The molecule has 4 heteroatoms. The molecule has 0 bridgehead atoms. The molecule has 1 aliphatic rings. The average Bonchev–Trinajstić information content (AvgIpc) is 2.89. The molecular weight excluding hydrogens is 252 g/mol. The van der Waals surface area contributed by atoms with Crippen molar-refractivity contribution in [1.82, 2.24) is 9.97 Å². The molecule has 0 spiro atoms. The highest BCUT2D eigenvalue weighted by molar-refractivity contribution is 5.87. The predicted molar refractivity (Wildman–Crippen MR) is 74.8 cm³/mol. The Morgan fingerprint density at radius 1 is 1.30 bits per heavy atom. The number of hydrogen-bond acceptors (Lipinski definition) is 3. The molecule has 0 amide bonds. The fraction of sp³-hybridized carbons (Fsp3) is 0.312. The van der Waals surface area contributed by atoms with Crippen molar-refractivity contribution in [2.75, 3.05) is 0 Å². The van der Waals surface area contributed by atoms with Gasteiger partial charge in [0.15, 0.2) is 0 Å². The van der Waals surface area contributed by atoms with Gasteiger partial charge < -0.3 is 5.11 Å². The summed E-state index contributed by atoms with van der Waals surface area (Å²) >= 11 is 0. The molecule has 20 heavy (non-hydrogen) atoms. The number of rotatable bonds is 4. The minimum Gasteiger partial charge on any atom is -0.478 e. The number of carboxylic acids is 1. The van der Waals surface area contributed by atoms with Gasteiger partial charge in [0.2, 0.25) is 0 Å². The lowest BCUT2D eigenvalue weighted by Crippen LogP contribution is -2.02. The summed E-state index contributed by atoms with van der Waals surface area (Å²) in [6.07, 6.45) is 7.41. The standard InChI is InChI=1S/C16H16N2O2/c19-16(20)13-7-9-17-14(10-13)6-5-12-4-3-11-2-1-8-18-15(11)12/h1-2,7-10,12H,3-6H2,(H,19,20). The van der Waals surface area contributed by atoms with E-state index in [2.05, 4.69) is 16.0 Å². The predicted octanol–water partition coefficient (Wildman–Crippen LogP) is 2.84. The zero-order chi connectivity index (χ0) is 13.9. The molecule has 3 rings (SSSR count). The van der Waals surface area contributed by atoms with Crippen LogP contribution in [-0.4, -0.2) is 21.0 Å². The first kappa shape index (κ1) is 12.8. The third-order valence-corrected chi connectivity index (χ3v) is 3.89. The van der Waals surface area contributed by atoms with E-state index in [1.54, 1.807) is 12.3 Å². The van der Waals surface area contributed by atoms with Gasteiger partial charge in [-0.25, -0.2) is 4.79 Å². The highest BCUT2D eigenvalue weighted by Gasteiger charge is 2.23. The lowest BCUT2D eigenvalue weighted by atomic mass is 9.98. The third kappa shape index (κ3) is 2.54. The molecule has 0 saturated carbocycles. The molecule has 0 radical (unpaired) electrons. The Morgan fingerprint density at radius 2 is 2.20 bits per heavy atom. The van der Waals surface area contributed by atoms with E-state index in [1.165, 1.54) is 17.3 Å². The smallest absolute Gasteiger partial charge is 0.335 e. The molecule has 2 heterocycles. The van der Waals surface area contributed by atoms with Gasteiger partial charge in [-0.15, -0.1) is 0 Å². The van der Waals surface area contributed by atoms with Gasteiger partial charge in [-0.05, 0) is 49.4 Å². The molecular formula is C16H16N2O2. The van der Waals surface area contributed by atoms with Gasteiger partial charge in [-0.3, -0.25) is 9.97 Å². The number of pyridine rings is 2. The molecule has 0 fully saturated rings. The molecule has 0 saturated heterocycles. The van der Waals surface area contributed by atoms with Crippen LogP contribution < -0.4 is 0 Å².